The number of alkyl carbamates (subject to hydrolysis) is 1. The van der Waals surface area contributed by atoms with Crippen molar-refractivity contribution in [1.29, 1.82) is 0 Å². The first-order chi connectivity index (χ1) is 19.3. The molecule has 9 heteroatoms. The van der Waals surface area contributed by atoms with E-state index in [4.69, 9.17) is 9.47 Å². The zero-order valence-electron chi connectivity index (χ0n) is 22.3. The monoisotopic (exact) mass is 541 g/mol. The number of para-hydroxylation sites is 1. The van der Waals surface area contributed by atoms with E-state index < -0.39 is 35.8 Å². The molecule has 0 fully saturated rings. The lowest BCUT2D eigenvalue weighted by Crippen LogP contribution is -2.54. The molecule has 40 heavy (non-hydrogen) atoms. The zero-order chi connectivity index (χ0) is 28.5. The highest BCUT2D eigenvalue weighted by atomic mass is 16.5. The predicted molar refractivity (Wildman–Crippen MR) is 149 cm³/mol. The molecule has 0 spiro atoms. The van der Waals surface area contributed by atoms with Crippen LogP contribution in [0.1, 0.15) is 23.6 Å². The molecule has 0 aliphatic carbocycles. The number of amides is 2. The Balaban J connectivity index is 1.50. The van der Waals surface area contributed by atoms with Crippen LogP contribution in [0, 0.1) is 0 Å². The average molecular weight is 542 g/mol. The van der Waals surface area contributed by atoms with Crippen molar-refractivity contribution in [3.8, 4) is 0 Å². The summed E-state index contributed by atoms with van der Waals surface area (Å²) in [5, 5.41) is 5.98. The lowest BCUT2D eigenvalue weighted by atomic mass is 10.0. The lowest BCUT2D eigenvalue weighted by molar-refractivity contribution is -0.152. The van der Waals surface area contributed by atoms with E-state index in [1.54, 1.807) is 24.3 Å². The smallest absolute Gasteiger partial charge is 0.408 e. The molecule has 1 heterocycles. The number of hydrogen-bond donors (Lipinski definition) is 2. The van der Waals surface area contributed by atoms with E-state index in [9.17, 15) is 19.2 Å². The van der Waals surface area contributed by atoms with E-state index >= 15 is 0 Å². The Morgan fingerprint density at radius 3 is 1.98 bits per heavy atom. The average Bonchev–Trinajstić information content (AvgIpc) is 3.29. The molecule has 0 aliphatic heterocycles. The number of Topliss-reactive ketones (excluding diaryl/α,β-unsaturated/α-hetero) is 1. The Morgan fingerprint density at radius 1 is 0.775 bits per heavy atom. The number of carbonyl (C=O) groups is 4. The minimum atomic E-state index is -1.53. The van der Waals surface area contributed by atoms with Gasteiger partial charge in [0, 0.05) is 30.6 Å². The van der Waals surface area contributed by atoms with Crippen molar-refractivity contribution in [2.24, 2.45) is 7.05 Å². The largest absolute Gasteiger partial charge is 0.459 e. The molecule has 1 aromatic heterocycles. The predicted octanol–water partition coefficient (Wildman–Crippen LogP) is 3.83. The number of fused-ring (bicyclic) bond motifs is 1. The summed E-state index contributed by atoms with van der Waals surface area (Å²) in [6, 6.07) is 23.1. The second kappa shape index (κ2) is 13.2. The van der Waals surface area contributed by atoms with Crippen molar-refractivity contribution in [3.05, 3.63) is 108 Å². The molecule has 2 atom stereocenters. The maximum Gasteiger partial charge on any atom is 0.408 e. The number of rotatable bonds is 11. The van der Waals surface area contributed by atoms with Crippen LogP contribution in [0.3, 0.4) is 0 Å². The molecule has 4 rings (SSSR count). The number of esters is 1. The molecule has 0 saturated heterocycles. The molecule has 2 amide bonds. The van der Waals surface area contributed by atoms with Gasteiger partial charge in [-0.2, -0.15) is 0 Å². The zero-order valence-corrected chi connectivity index (χ0v) is 22.3. The first-order valence-corrected chi connectivity index (χ1v) is 12.8. The van der Waals surface area contributed by atoms with Gasteiger partial charge in [-0.25, -0.2) is 9.59 Å². The first kappa shape index (κ1) is 28.1. The second-order valence-electron chi connectivity index (χ2n) is 9.39. The molecular formula is C31H31N3O6. The van der Waals surface area contributed by atoms with Gasteiger partial charge in [0.15, 0.2) is 11.8 Å². The summed E-state index contributed by atoms with van der Waals surface area (Å²) in [4.78, 5) is 51.3. The van der Waals surface area contributed by atoms with Gasteiger partial charge in [-0.15, -0.1) is 0 Å². The molecule has 0 aliphatic rings. The number of ether oxygens (including phenoxy) is 2. The van der Waals surface area contributed by atoms with E-state index in [1.807, 2.05) is 78.5 Å². The highest BCUT2D eigenvalue weighted by Crippen LogP contribution is 2.22. The summed E-state index contributed by atoms with van der Waals surface area (Å²) in [5.74, 6) is -2.20. The topological polar surface area (TPSA) is 116 Å². The van der Waals surface area contributed by atoms with Crippen molar-refractivity contribution < 1.29 is 28.7 Å². The number of hydrogen-bond acceptors (Lipinski definition) is 6. The minimum Gasteiger partial charge on any atom is -0.459 e. The van der Waals surface area contributed by atoms with E-state index in [0.717, 1.165) is 27.6 Å². The van der Waals surface area contributed by atoms with Gasteiger partial charge >= 0.3 is 12.1 Å². The SMILES string of the molecule is CC(=O)C(NC(=O)[C@@H](Cc1cn(C)c2ccccc12)NC(=O)OCc1ccccc1)C(=O)OCc1ccccc1. The second-order valence-corrected chi connectivity index (χ2v) is 9.39. The van der Waals surface area contributed by atoms with Gasteiger partial charge in [0.05, 0.1) is 0 Å². The Labute approximate surface area is 232 Å². The normalized spacial score (nSPS) is 12.2. The van der Waals surface area contributed by atoms with Crippen LogP contribution in [0.25, 0.3) is 10.9 Å². The molecule has 1 unspecified atom stereocenters. The Kier molecular flexibility index (Phi) is 9.30. The third kappa shape index (κ3) is 7.35. The van der Waals surface area contributed by atoms with E-state index in [-0.39, 0.29) is 19.6 Å². The summed E-state index contributed by atoms with van der Waals surface area (Å²) in [6.07, 6.45) is 1.16. The first-order valence-electron chi connectivity index (χ1n) is 12.8. The van der Waals surface area contributed by atoms with Gasteiger partial charge in [-0.1, -0.05) is 78.9 Å². The Bertz CT molecular complexity index is 1480. The lowest BCUT2D eigenvalue weighted by Gasteiger charge is -2.21. The van der Waals surface area contributed by atoms with Crippen molar-refractivity contribution in [3.63, 3.8) is 0 Å². The molecule has 3 aromatic carbocycles. The van der Waals surface area contributed by atoms with Crippen LogP contribution in [0.15, 0.2) is 91.1 Å². The van der Waals surface area contributed by atoms with Crippen molar-refractivity contribution in [1.82, 2.24) is 15.2 Å². The van der Waals surface area contributed by atoms with Gasteiger partial charge < -0.3 is 24.7 Å². The number of carbonyl (C=O) groups excluding carboxylic acids is 4. The van der Waals surface area contributed by atoms with Crippen LogP contribution < -0.4 is 10.6 Å². The molecular weight excluding hydrogens is 510 g/mol. The molecule has 2 N–H and O–H groups in total. The fourth-order valence-electron chi connectivity index (χ4n) is 4.31. The summed E-state index contributed by atoms with van der Waals surface area (Å²) in [5.41, 5.74) is 3.27. The van der Waals surface area contributed by atoms with Crippen molar-refractivity contribution >= 4 is 34.7 Å². The number of benzene rings is 3. The quantitative estimate of drug-likeness (QED) is 0.220. The molecule has 0 radical (unpaired) electrons. The van der Waals surface area contributed by atoms with Gasteiger partial charge in [0.2, 0.25) is 5.91 Å². The van der Waals surface area contributed by atoms with E-state index in [0.29, 0.717) is 0 Å². The Morgan fingerprint density at radius 2 is 1.35 bits per heavy atom. The van der Waals surface area contributed by atoms with E-state index in [2.05, 4.69) is 10.6 Å². The maximum atomic E-state index is 13.4. The molecule has 0 bridgehead atoms. The third-order valence-corrected chi connectivity index (χ3v) is 6.38. The summed E-state index contributed by atoms with van der Waals surface area (Å²) in [6.45, 7) is 1.15. The highest BCUT2D eigenvalue weighted by Gasteiger charge is 2.31. The number of nitrogens with zero attached hydrogens (tertiary/aromatic N) is 1. The van der Waals surface area contributed by atoms with Crippen LogP contribution in [-0.4, -0.2) is 40.4 Å². The summed E-state index contributed by atoms with van der Waals surface area (Å²) in [7, 11) is 1.89. The van der Waals surface area contributed by atoms with Crippen LogP contribution in [0.4, 0.5) is 4.79 Å². The van der Waals surface area contributed by atoms with Gasteiger partial charge in [0.1, 0.15) is 19.3 Å². The minimum absolute atomic E-state index is 0.0111. The van der Waals surface area contributed by atoms with Gasteiger partial charge in [-0.3, -0.25) is 9.59 Å². The maximum absolute atomic E-state index is 13.4. The molecule has 9 nitrogen and oxygen atoms in total. The molecule has 206 valence electrons. The van der Waals surface area contributed by atoms with Crippen LogP contribution >= 0.6 is 0 Å². The standard InChI is InChI=1S/C31H31N3O6/c1-21(35)28(30(37)39-19-22-11-5-3-6-12-22)33-29(36)26(32-31(38)40-20-23-13-7-4-8-14-23)17-24-18-34(2)27-16-10-9-15-25(24)27/h3-16,18,26,28H,17,19-20H2,1-2H3,(H,32,38)(H,33,36)/t26-,28?/m1/s1. The number of ketones is 1. The number of nitrogens with one attached hydrogen (secondary N) is 2. The highest BCUT2D eigenvalue weighted by molar-refractivity contribution is 6.05. The third-order valence-electron chi connectivity index (χ3n) is 6.38. The van der Waals surface area contributed by atoms with Crippen molar-refractivity contribution in [2.45, 2.75) is 38.6 Å². The fraction of sp³-hybridized carbons (Fsp3) is 0.226. The van der Waals surface area contributed by atoms with Crippen molar-refractivity contribution in [2.75, 3.05) is 0 Å². The number of aromatic nitrogens is 1. The van der Waals surface area contributed by atoms with Crippen LogP contribution in [-0.2, 0) is 50.5 Å². The molecule has 4 aromatic rings. The molecule has 0 saturated carbocycles. The van der Waals surface area contributed by atoms with Gasteiger partial charge in [0.25, 0.3) is 0 Å². The number of aryl methyl sites for hydroxylation is 1. The van der Waals surface area contributed by atoms with E-state index in [1.165, 1.54) is 6.92 Å². The summed E-state index contributed by atoms with van der Waals surface area (Å²) >= 11 is 0. The van der Waals surface area contributed by atoms with Gasteiger partial charge in [-0.05, 0) is 29.7 Å². The fourth-order valence-corrected chi connectivity index (χ4v) is 4.31. The summed E-state index contributed by atoms with van der Waals surface area (Å²) < 4.78 is 12.5. The van der Waals surface area contributed by atoms with Crippen LogP contribution in [0.5, 0.6) is 0 Å². The Hall–Kier alpha value is -4.92. The van der Waals surface area contributed by atoms with Crippen LogP contribution in [0.2, 0.25) is 0 Å².